The molecule has 0 radical (unpaired) electrons. The Morgan fingerprint density at radius 3 is 2.67 bits per heavy atom. The average molecular weight is 241 g/mol. The molecule has 2 rings (SSSR count). The summed E-state index contributed by atoms with van der Waals surface area (Å²) in [6.07, 6.45) is 3.13. The van der Waals surface area contributed by atoms with Crippen LogP contribution in [0.3, 0.4) is 0 Å². The Morgan fingerprint density at radius 2 is 2.07 bits per heavy atom. The minimum Gasteiger partial charge on any atom is -0.349 e. The summed E-state index contributed by atoms with van der Waals surface area (Å²) in [7, 11) is 0. The minimum absolute atomic E-state index is 0.537. The van der Waals surface area contributed by atoms with Gasteiger partial charge in [-0.3, -0.25) is 0 Å². The van der Waals surface area contributed by atoms with Crippen LogP contribution in [0.15, 0.2) is 17.9 Å². The second-order valence-electron chi connectivity index (χ2n) is 2.94. The van der Waals surface area contributed by atoms with Gasteiger partial charge < -0.3 is 5.32 Å². The Morgan fingerprint density at radius 1 is 1.33 bits per heavy atom. The van der Waals surface area contributed by atoms with Crippen LogP contribution < -0.4 is 5.32 Å². The van der Waals surface area contributed by atoms with Crippen LogP contribution in [0.4, 0.5) is 5.95 Å². The molecule has 0 aliphatic rings. The lowest BCUT2D eigenvalue weighted by molar-refractivity contribution is 1.05. The molecule has 1 N–H and O–H groups in total. The van der Waals surface area contributed by atoms with E-state index in [2.05, 4.69) is 20.3 Å². The zero-order valence-electron chi connectivity index (χ0n) is 8.07. The number of halogens is 1. The van der Waals surface area contributed by atoms with Gasteiger partial charge in [-0.05, 0) is 6.92 Å². The van der Waals surface area contributed by atoms with Crippen LogP contribution in [0.2, 0.25) is 5.02 Å². The third-order valence-electron chi connectivity index (χ3n) is 1.87. The van der Waals surface area contributed by atoms with E-state index in [1.165, 1.54) is 4.88 Å². The summed E-state index contributed by atoms with van der Waals surface area (Å²) >= 11 is 7.29. The molecule has 2 aromatic heterocycles. The van der Waals surface area contributed by atoms with Gasteiger partial charge in [0.05, 0.1) is 35.2 Å². The lowest BCUT2D eigenvalue weighted by atomic mass is 10.4. The quantitative estimate of drug-likeness (QED) is 0.896. The van der Waals surface area contributed by atoms with Crippen molar-refractivity contribution < 1.29 is 0 Å². The van der Waals surface area contributed by atoms with E-state index in [9.17, 15) is 0 Å². The Balaban J connectivity index is 1.99. The normalized spacial score (nSPS) is 10.3. The zero-order chi connectivity index (χ0) is 10.7. The third kappa shape index (κ3) is 2.64. The van der Waals surface area contributed by atoms with Gasteiger partial charge >= 0.3 is 0 Å². The number of rotatable bonds is 3. The fraction of sp³-hybridized carbons (Fsp3) is 0.222. The van der Waals surface area contributed by atoms with Gasteiger partial charge in [-0.2, -0.15) is 0 Å². The predicted octanol–water partition coefficient (Wildman–Crippen LogP) is 2.51. The zero-order valence-corrected chi connectivity index (χ0v) is 9.64. The molecule has 2 heterocycles. The summed E-state index contributed by atoms with van der Waals surface area (Å²) in [5.41, 5.74) is 2.87. The first-order chi connectivity index (χ1) is 7.25. The van der Waals surface area contributed by atoms with Gasteiger partial charge in [0.25, 0.3) is 0 Å². The number of thiazole rings is 1. The second-order valence-corrected chi connectivity index (χ2v) is 4.32. The first kappa shape index (κ1) is 10.3. The number of aromatic nitrogens is 3. The van der Waals surface area contributed by atoms with Crippen molar-refractivity contribution >= 4 is 28.9 Å². The van der Waals surface area contributed by atoms with Crippen LogP contribution in [-0.2, 0) is 6.54 Å². The largest absolute Gasteiger partial charge is 0.349 e. The van der Waals surface area contributed by atoms with Gasteiger partial charge in [0.15, 0.2) is 0 Å². The fourth-order valence-electron chi connectivity index (χ4n) is 1.06. The third-order valence-corrected chi connectivity index (χ3v) is 3.00. The average Bonchev–Trinajstić information content (AvgIpc) is 2.63. The summed E-state index contributed by atoms with van der Waals surface area (Å²) in [6.45, 7) is 2.67. The molecule has 0 unspecified atom stereocenters. The number of hydrogen-bond donors (Lipinski definition) is 1. The molecule has 0 amide bonds. The Hall–Kier alpha value is -1.20. The maximum Gasteiger partial charge on any atom is 0.222 e. The Bertz CT molecular complexity index is 440. The minimum atomic E-state index is 0.537. The van der Waals surface area contributed by atoms with E-state index in [0.29, 0.717) is 17.5 Å². The van der Waals surface area contributed by atoms with E-state index in [-0.39, 0.29) is 0 Å². The van der Waals surface area contributed by atoms with Gasteiger partial charge in [-0.1, -0.05) is 11.6 Å². The van der Waals surface area contributed by atoms with Crippen LogP contribution in [0.25, 0.3) is 0 Å². The van der Waals surface area contributed by atoms with E-state index in [1.54, 1.807) is 23.7 Å². The molecule has 0 aliphatic carbocycles. The highest BCUT2D eigenvalue weighted by Crippen LogP contribution is 2.13. The van der Waals surface area contributed by atoms with Crippen LogP contribution in [0.1, 0.15) is 10.6 Å². The highest BCUT2D eigenvalue weighted by molar-refractivity contribution is 7.09. The Labute approximate surface area is 96.4 Å². The molecule has 0 saturated carbocycles. The van der Waals surface area contributed by atoms with E-state index >= 15 is 0 Å². The molecular formula is C9H9ClN4S. The maximum atomic E-state index is 5.68. The number of aryl methyl sites for hydroxylation is 1. The summed E-state index contributed by atoms with van der Waals surface area (Å²) < 4.78 is 0. The number of anilines is 1. The molecule has 0 aliphatic heterocycles. The van der Waals surface area contributed by atoms with Gasteiger partial charge in [-0.15, -0.1) is 11.3 Å². The second kappa shape index (κ2) is 4.55. The predicted molar refractivity (Wildman–Crippen MR) is 61.2 cm³/mol. The highest BCUT2D eigenvalue weighted by atomic mass is 35.5. The molecule has 4 nitrogen and oxygen atoms in total. The van der Waals surface area contributed by atoms with E-state index < -0.39 is 0 Å². The lowest BCUT2D eigenvalue weighted by Crippen LogP contribution is -2.02. The van der Waals surface area contributed by atoms with E-state index in [1.807, 2.05) is 12.4 Å². The molecule has 0 aromatic carbocycles. The molecule has 0 bridgehead atoms. The summed E-state index contributed by atoms with van der Waals surface area (Å²) in [5.74, 6) is 0.576. The Kier molecular flexibility index (Phi) is 3.13. The van der Waals surface area contributed by atoms with Crippen molar-refractivity contribution in [1.29, 1.82) is 0 Å². The van der Waals surface area contributed by atoms with Gasteiger partial charge in [0.2, 0.25) is 5.95 Å². The van der Waals surface area contributed by atoms with Crippen molar-refractivity contribution in [2.45, 2.75) is 13.5 Å². The van der Waals surface area contributed by atoms with Crippen molar-refractivity contribution in [3.8, 4) is 0 Å². The highest BCUT2D eigenvalue weighted by Gasteiger charge is 2.01. The number of nitrogens with zero attached hydrogens (tertiary/aromatic N) is 3. The van der Waals surface area contributed by atoms with Crippen LogP contribution in [-0.4, -0.2) is 15.0 Å². The first-order valence-corrected chi connectivity index (χ1v) is 5.62. The molecule has 15 heavy (non-hydrogen) atoms. The molecule has 0 atom stereocenters. The van der Waals surface area contributed by atoms with Crippen molar-refractivity contribution in [3.63, 3.8) is 0 Å². The van der Waals surface area contributed by atoms with Crippen molar-refractivity contribution in [3.05, 3.63) is 33.5 Å². The summed E-state index contributed by atoms with van der Waals surface area (Å²) in [6, 6.07) is 0. The first-order valence-electron chi connectivity index (χ1n) is 4.36. The van der Waals surface area contributed by atoms with Crippen LogP contribution in [0.5, 0.6) is 0 Å². The van der Waals surface area contributed by atoms with Crippen LogP contribution >= 0.6 is 22.9 Å². The molecule has 0 spiro atoms. The van der Waals surface area contributed by atoms with Crippen molar-refractivity contribution in [2.24, 2.45) is 0 Å². The van der Waals surface area contributed by atoms with Crippen molar-refractivity contribution in [1.82, 2.24) is 15.0 Å². The molecule has 6 heteroatoms. The molecule has 0 fully saturated rings. The molecular weight excluding hydrogens is 232 g/mol. The summed E-state index contributed by atoms with van der Waals surface area (Å²) in [4.78, 5) is 13.4. The van der Waals surface area contributed by atoms with E-state index in [0.717, 1.165) is 5.69 Å². The van der Waals surface area contributed by atoms with Crippen molar-refractivity contribution in [2.75, 3.05) is 5.32 Å². The van der Waals surface area contributed by atoms with E-state index in [4.69, 9.17) is 11.6 Å². The standard InChI is InChI=1S/C9H9ClN4S/c1-6-8(15-5-14-6)4-13-9-11-2-7(10)3-12-9/h2-3,5H,4H2,1H3,(H,11,12,13). The smallest absolute Gasteiger partial charge is 0.222 e. The maximum absolute atomic E-state index is 5.68. The fourth-order valence-corrected chi connectivity index (χ4v) is 1.87. The lowest BCUT2D eigenvalue weighted by Gasteiger charge is -2.02. The number of hydrogen-bond acceptors (Lipinski definition) is 5. The SMILES string of the molecule is Cc1ncsc1CNc1ncc(Cl)cn1. The van der Waals surface area contributed by atoms with Gasteiger partial charge in [-0.25, -0.2) is 15.0 Å². The molecule has 2 aromatic rings. The summed E-state index contributed by atoms with van der Waals surface area (Å²) in [5, 5.41) is 3.64. The molecule has 78 valence electrons. The number of nitrogens with one attached hydrogen (secondary N) is 1. The monoisotopic (exact) mass is 240 g/mol. The van der Waals surface area contributed by atoms with Gasteiger partial charge in [0.1, 0.15) is 0 Å². The van der Waals surface area contributed by atoms with Gasteiger partial charge in [0, 0.05) is 4.88 Å². The topological polar surface area (TPSA) is 50.7 Å². The van der Waals surface area contributed by atoms with Crippen LogP contribution in [0, 0.1) is 6.92 Å². The molecule has 0 saturated heterocycles.